The molecule has 0 N–H and O–H groups in total. The lowest BCUT2D eigenvalue weighted by Gasteiger charge is -2.09. The number of rotatable bonds is 3. The van der Waals surface area contributed by atoms with Gasteiger partial charge in [-0.15, -0.1) is 0 Å². The number of benzene rings is 2. The second-order valence-corrected chi connectivity index (χ2v) is 5.65. The van der Waals surface area contributed by atoms with Crippen LogP contribution < -0.4 is 0 Å². The van der Waals surface area contributed by atoms with Crippen LogP contribution in [0.2, 0.25) is 0 Å². The number of allylic oxidation sites excluding steroid dienone is 1. The van der Waals surface area contributed by atoms with Crippen LogP contribution >= 0.6 is 0 Å². The van der Waals surface area contributed by atoms with E-state index in [4.69, 9.17) is 0 Å². The second-order valence-electron chi connectivity index (χ2n) is 5.65. The summed E-state index contributed by atoms with van der Waals surface area (Å²) in [5.74, 6) is -0.387. The van der Waals surface area contributed by atoms with Gasteiger partial charge in [-0.25, -0.2) is 4.39 Å². The second kappa shape index (κ2) is 6.55. The average Bonchev–Trinajstić information content (AvgIpc) is 2.88. The zero-order valence-electron chi connectivity index (χ0n) is 13.6. The van der Waals surface area contributed by atoms with Crippen LogP contribution in [0.25, 0.3) is 17.3 Å². The molecule has 0 fully saturated rings. The zero-order chi connectivity index (χ0) is 17.1. The van der Waals surface area contributed by atoms with E-state index in [0.717, 1.165) is 22.6 Å². The molecule has 0 atom stereocenters. The molecule has 0 bridgehead atoms. The van der Waals surface area contributed by atoms with Crippen LogP contribution in [0.15, 0.2) is 60.7 Å². The van der Waals surface area contributed by atoms with E-state index in [1.807, 2.05) is 50.2 Å². The molecule has 0 aliphatic rings. The van der Waals surface area contributed by atoms with Gasteiger partial charge < -0.3 is 4.57 Å². The van der Waals surface area contributed by atoms with Gasteiger partial charge in [0.2, 0.25) is 0 Å². The van der Waals surface area contributed by atoms with Crippen LogP contribution in [-0.2, 0) is 0 Å². The van der Waals surface area contributed by atoms with Crippen molar-refractivity contribution in [3.63, 3.8) is 0 Å². The molecule has 1 aromatic heterocycles. The van der Waals surface area contributed by atoms with E-state index in [-0.39, 0.29) is 5.82 Å². The number of halogens is 1. The van der Waals surface area contributed by atoms with Crippen molar-refractivity contribution in [1.82, 2.24) is 4.57 Å². The van der Waals surface area contributed by atoms with Gasteiger partial charge >= 0.3 is 0 Å². The number of nitriles is 1. The maximum absolute atomic E-state index is 14.0. The highest BCUT2D eigenvalue weighted by Gasteiger charge is 2.12. The molecule has 2 aromatic carbocycles. The summed E-state index contributed by atoms with van der Waals surface area (Å²) in [4.78, 5) is 0. The van der Waals surface area contributed by atoms with Crippen LogP contribution in [-0.4, -0.2) is 4.57 Å². The molecule has 3 heteroatoms. The predicted octanol–water partition coefficient (Wildman–Crippen LogP) is 5.30. The quantitative estimate of drug-likeness (QED) is 0.603. The molecule has 0 spiro atoms. The number of hydrogen-bond donors (Lipinski definition) is 0. The maximum Gasteiger partial charge on any atom is 0.131 e. The Balaban J connectivity index is 2.11. The Morgan fingerprint density at radius 1 is 1.04 bits per heavy atom. The summed E-state index contributed by atoms with van der Waals surface area (Å²) in [6, 6.07) is 20.5. The lowest BCUT2D eigenvalue weighted by molar-refractivity contribution is 0.624. The molecule has 0 radical (unpaired) electrons. The van der Waals surface area contributed by atoms with E-state index in [9.17, 15) is 9.65 Å². The Hall–Kier alpha value is -3.12. The van der Waals surface area contributed by atoms with Crippen molar-refractivity contribution in [2.45, 2.75) is 13.8 Å². The van der Waals surface area contributed by atoms with Gasteiger partial charge in [0.1, 0.15) is 5.82 Å². The first-order chi connectivity index (χ1) is 11.6. The maximum atomic E-state index is 14.0. The fourth-order valence-electron chi connectivity index (χ4n) is 2.91. The monoisotopic (exact) mass is 316 g/mol. The van der Waals surface area contributed by atoms with Crippen molar-refractivity contribution < 1.29 is 4.39 Å². The average molecular weight is 316 g/mol. The van der Waals surface area contributed by atoms with Gasteiger partial charge in [0.05, 0.1) is 11.6 Å². The van der Waals surface area contributed by atoms with Crippen LogP contribution in [0.1, 0.15) is 22.5 Å². The smallest absolute Gasteiger partial charge is 0.131 e. The largest absolute Gasteiger partial charge is 0.318 e. The van der Waals surface area contributed by atoms with Gasteiger partial charge in [0.15, 0.2) is 0 Å². The number of hydrogen-bond acceptors (Lipinski definition) is 1. The molecule has 1 heterocycles. The molecule has 0 aliphatic carbocycles. The molecular formula is C21H17FN2. The van der Waals surface area contributed by atoms with Crippen molar-refractivity contribution in [3.8, 4) is 11.8 Å². The van der Waals surface area contributed by atoms with Crippen LogP contribution in [0.3, 0.4) is 0 Å². The van der Waals surface area contributed by atoms with Gasteiger partial charge in [-0.2, -0.15) is 5.26 Å². The first-order valence-electron chi connectivity index (χ1n) is 7.73. The van der Waals surface area contributed by atoms with Gasteiger partial charge in [-0.3, -0.25) is 0 Å². The molecule has 118 valence electrons. The number of nitrogens with zero attached hydrogens (tertiary/aromatic N) is 2. The molecule has 0 aliphatic heterocycles. The highest BCUT2D eigenvalue weighted by Crippen LogP contribution is 2.26. The molecule has 0 amide bonds. The zero-order valence-corrected chi connectivity index (χ0v) is 13.6. The van der Waals surface area contributed by atoms with Gasteiger partial charge in [0.25, 0.3) is 0 Å². The SMILES string of the molecule is Cc1cc(/C=C(\C#N)c2ccccc2F)c(C)n1-c1ccccc1. The first-order valence-corrected chi connectivity index (χ1v) is 7.73. The van der Waals surface area contributed by atoms with Crippen LogP contribution in [0, 0.1) is 31.0 Å². The van der Waals surface area contributed by atoms with Crippen molar-refractivity contribution in [3.05, 3.63) is 89.0 Å². The summed E-state index contributed by atoms with van der Waals surface area (Å²) in [6.07, 6.45) is 1.75. The number of para-hydroxylation sites is 1. The highest BCUT2D eigenvalue weighted by atomic mass is 19.1. The van der Waals surface area contributed by atoms with E-state index in [1.165, 1.54) is 6.07 Å². The Labute approximate surface area is 141 Å². The summed E-state index contributed by atoms with van der Waals surface area (Å²) in [5.41, 5.74) is 4.71. The standard InChI is InChI=1S/C21H17FN2/c1-15-12-17(16(2)24(15)19-8-4-3-5-9-19)13-18(14-23)20-10-6-7-11-21(20)22/h3-13H,1-2H3/b18-13+. The fraction of sp³-hybridized carbons (Fsp3) is 0.0952. The lowest BCUT2D eigenvalue weighted by Crippen LogP contribution is -1.98. The van der Waals surface area contributed by atoms with E-state index >= 15 is 0 Å². The van der Waals surface area contributed by atoms with E-state index < -0.39 is 0 Å². The van der Waals surface area contributed by atoms with Crippen LogP contribution in [0.5, 0.6) is 0 Å². The summed E-state index contributed by atoms with van der Waals surface area (Å²) in [7, 11) is 0. The van der Waals surface area contributed by atoms with Crippen molar-refractivity contribution in [1.29, 1.82) is 5.26 Å². The van der Waals surface area contributed by atoms with Crippen molar-refractivity contribution >= 4 is 11.6 Å². The minimum atomic E-state index is -0.387. The Bertz CT molecular complexity index is 944. The third kappa shape index (κ3) is 2.87. The Kier molecular flexibility index (Phi) is 4.31. The topological polar surface area (TPSA) is 28.7 Å². The van der Waals surface area contributed by atoms with E-state index in [0.29, 0.717) is 11.1 Å². The Morgan fingerprint density at radius 2 is 1.71 bits per heavy atom. The third-order valence-electron chi connectivity index (χ3n) is 4.07. The highest BCUT2D eigenvalue weighted by molar-refractivity contribution is 5.90. The minimum absolute atomic E-state index is 0.321. The van der Waals surface area contributed by atoms with E-state index in [1.54, 1.807) is 24.3 Å². The normalized spacial score (nSPS) is 11.3. The molecule has 0 unspecified atom stereocenters. The number of aryl methyl sites for hydroxylation is 1. The molecule has 0 saturated heterocycles. The molecule has 24 heavy (non-hydrogen) atoms. The summed E-state index contributed by atoms with van der Waals surface area (Å²) in [6.45, 7) is 4.02. The minimum Gasteiger partial charge on any atom is -0.318 e. The lowest BCUT2D eigenvalue weighted by atomic mass is 10.0. The Morgan fingerprint density at radius 3 is 2.38 bits per heavy atom. The van der Waals surface area contributed by atoms with Crippen LogP contribution in [0.4, 0.5) is 4.39 Å². The predicted molar refractivity (Wildman–Crippen MR) is 95.1 cm³/mol. The molecule has 3 rings (SSSR count). The van der Waals surface area contributed by atoms with Gasteiger partial charge in [-0.1, -0.05) is 36.4 Å². The molecule has 3 aromatic rings. The summed E-state index contributed by atoms with van der Waals surface area (Å²) < 4.78 is 16.1. The molecule has 0 saturated carbocycles. The fourth-order valence-corrected chi connectivity index (χ4v) is 2.91. The molecule has 2 nitrogen and oxygen atoms in total. The van der Waals surface area contributed by atoms with Gasteiger partial charge in [0, 0.05) is 22.6 Å². The third-order valence-corrected chi connectivity index (χ3v) is 4.07. The van der Waals surface area contributed by atoms with Gasteiger partial charge in [-0.05, 0) is 49.8 Å². The molecular weight excluding hydrogens is 299 g/mol. The van der Waals surface area contributed by atoms with E-state index in [2.05, 4.69) is 10.6 Å². The van der Waals surface area contributed by atoms with Crippen molar-refractivity contribution in [2.75, 3.05) is 0 Å². The summed E-state index contributed by atoms with van der Waals surface area (Å²) >= 11 is 0. The van der Waals surface area contributed by atoms with Crippen molar-refractivity contribution in [2.24, 2.45) is 0 Å². The summed E-state index contributed by atoms with van der Waals surface area (Å²) in [5, 5.41) is 9.46. The number of aromatic nitrogens is 1. The first kappa shape index (κ1) is 15.8.